The third kappa shape index (κ3) is 6.35. The average Bonchev–Trinajstić information content (AvgIpc) is 3.37. The maximum absolute atomic E-state index is 9.22. The molecule has 1 N–H and O–H groups in total. The fourth-order valence-corrected chi connectivity index (χ4v) is 7.27. The predicted octanol–water partition coefficient (Wildman–Crippen LogP) is 9.01. The lowest BCUT2D eigenvalue weighted by Gasteiger charge is -2.34. The van der Waals surface area contributed by atoms with E-state index in [0.717, 1.165) is 28.4 Å². The molecule has 6 heteroatoms. The van der Waals surface area contributed by atoms with Crippen molar-refractivity contribution >= 4 is 8.38 Å². The number of fused-ring (bicyclic) bond motifs is 3. The van der Waals surface area contributed by atoms with Crippen LogP contribution in [0.4, 0.5) is 0 Å². The summed E-state index contributed by atoms with van der Waals surface area (Å²) in [5, 5.41) is 9.08. The molecule has 0 spiro atoms. The fraction of sp³-hybridized carbons (Fsp3) is 0.231. The Kier molecular flexibility index (Phi) is 9.23. The Labute approximate surface area is 267 Å². The van der Waals surface area contributed by atoms with Gasteiger partial charge in [-0.25, -0.2) is 0 Å². The van der Waals surface area contributed by atoms with E-state index in [0.29, 0.717) is 13.2 Å². The molecule has 230 valence electrons. The van der Waals surface area contributed by atoms with Crippen LogP contribution in [0.25, 0.3) is 11.1 Å². The van der Waals surface area contributed by atoms with Gasteiger partial charge in [0.25, 0.3) is 0 Å². The van der Waals surface area contributed by atoms with Gasteiger partial charge in [-0.2, -0.15) is 0 Å². The molecule has 5 aromatic rings. The van der Waals surface area contributed by atoms with Crippen molar-refractivity contribution in [2.75, 3.05) is 26.4 Å². The second-order valence-corrected chi connectivity index (χ2v) is 14.3. The Bertz CT molecular complexity index is 1650. The summed E-state index contributed by atoms with van der Waals surface area (Å²) >= 11 is 0. The van der Waals surface area contributed by atoms with Crippen LogP contribution in [0, 0.1) is 0 Å². The monoisotopic (exact) mass is 618 g/mol. The number of hydrogen-bond donors (Lipinski definition) is 1. The Balaban J connectivity index is 1.25. The molecule has 5 aromatic carbocycles. The molecule has 0 radical (unpaired) electrons. The lowest BCUT2D eigenvalue weighted by Crippen LogP contribution is -2.28. The van der Waals surface area contributed by atoms with E-state index in [-0.39, 0.29) is 18.4 Å². The maximum atomic E-state index is 9.22. The van der Waals surface area contributed by atoms with E-state index >= 15 is 0 Å². The van der Waals surface area contributed by atoms with Crippen LogP contribution < -0.4 is 14.0 Å². The number of benzene rings is 5. The molecule has 0 fully saturated rings. The normalized spacial score (nSPS) is 13.9. The zero-order valence-corrected chi connectivity index (χ0v) is 26.9. The van der Waals surface area contributed by atoms with Crippen molar-refractivity contribution in [3.8, 4) is 28.4 Å². The Hall–Kier alpha value is -4.15. The Morgan fingerprint density at radius 1 is 0.556 bits per heavy atom. The van der Waals surface area contributed by atoms with Crippen LogP contribution in [-0.4, -0.2) is 36.7 Å². The summed E-state index contributed by atoms with van der Waals surface area (Å²) in [5.74, 6) is 2.33. The number of ether oxygens (including phenoxy) is 2. The molecule has 1 aliphatic rings. The van der Waals surface area contributed by atoms with E-state index in [1.165, 1.54) is 22.3 Å². The first-order valence-electron chi connectivity index (χ1n) is 15.3. The van der Waals surface area contributed by atoms with Gasteiger partial charge in [-0.1, -0.05) is 112 Å². The molecular formula is C39H39O5P. The minimum atomic E-state index is -1.16. The van der Waals surface area contributed by atoms with Gasteiger partial charge in [-0.15, -0.1) is 0 Å². The molecule has 1 atom stereocenters. The van der Waals surface area contributed by atoms with Crippen LogP contribution in [0.5, 0.6) is 17.2 Å². The third-order valence-electron chi connectivity index (χ3n) is 7.93. The Morgan fingerprint density at radius 2 is 1.04 bits per heavy atom. The number of hydrogen-bond acceptors (Lipinski definition) is 5. The molecule has 0 aliphatic heterocycles. The highest BCUT2D eigenvalue weighted by Crippen LogP contribution is 2.56. The van der Waals surface area contributed by atoms with Gasteiger partial charge in [0.1, 0.15) is 30.5 Å². The van der Waals surface area contributed by atoms with Crippen molar-refractivity contribution in [3.63, 3.8) is 0 Å². The highest BCUT2D eigenvalue weighted by atomic mass is 31.2. The molecule has 0 bridgehead atoms. The van der Waals surface area contributed by atoms with Crippen LogP contribution >= 0.6 is 8.38 Å². The van der Waals surface area contributed by atoms with Crippen molar-refractivity contribution in [1.82, 2.24) is 0 Å². The summed E-state index contributed by atoms with van der Waals surface area (Å²) in [4.78, 5) is 0. The van der Waals surface area contributed by atoms with Gasteiger partial charge in [-0.05, 0) is 69.8 Å². The molecular weight excluding hydrogens is 579 g/mol. The van der Waals surface area contributed by atoms with Crippen LogP contribution in [-0.2, 0) is 9.94 Å². The molecule has 0 saturated carbocycles. The number of aliphatic hydroxyl groups is 1. The topological polar surface area (TPSA) is 57.2 Å². The SMILES string of the molecule is CC(C)(C)P(OCCOc1ccc(C2(c3ccc(OCCO)cc3)c3ccccc3-c3ccccc32)cc1)Oc1ccccc1. The summed E-state index contributed by atoms with van der Waals surface area (Å²) in [6.07, 6.45) is 0. The van der Waals surface area contributed by atoms with Gasteiger partial charge in [-0.3, -0.25) is 0 Å². The predicted molar refractivity (Wildman–Crippen MR) is 182 cm³/mol. The summed E-state index contributed by atoms with van der Waals surface area (Å²) in [6.45, 7) is 7.47. The maximum Gasteiger partial charge on any atom is 0.235 e. The standard InChI is InChI=1S/C39H39O5P/c1-38(2,3)45(44-33-11-5-4-6-12-33)43-28-27-42-32-23-19-30(20-24-32)39(29-17-21-31(22-18-29)41-26-25-40)36-15-9-7-13-34(36)35-14-8-10-16-37(35)39/h4-24,40H,25-28H2,1-3H3. The molecule has 1 aliphatic carbocycles. The van der Waals surface area contributed by atoms with Gasteiger partial charge in [0, 0.05) is 5.16 Å². The molecule has 45 heavy (non-hydrogen) atoms. The second kappa shape index (κ2) is 13.5. The van der Waals surface area contributed by atoms with Crippen molar-refractivity contribution < 1.29 is 23.6 Å². The van der Waals surface area contributed by atoms with Gasteiger partial charge in [0.2, 0.25) is 8.38 Å². The van der Waals surface area contributed by atoms with E-state index in [2.05, 4.69) is 93.6 Å². The van der Waals surface area contributed by atoms with Crippen molar-refractivity contribution in [2.24, 2.45) is 0 Å². The molecule has 0 heterocycles. The van der Waals surface area contributed by atoms with Crippen LogP contribution in [0.2, 0.25) is 0 Å². The highest BCUT2D eigenvalue weighted by molar-refractivity contribution is 7.49. The number of para-hydroxylation sites is 1. The van der Waals surface area contributed by atoms with Crippen molar-refractivity contribution in [1.29, 1.82) is 0 Å². The average molecular weight is 619 g/mol. The molecule has 5 nitrogen and oxygen atoms in total. The lowest BCUT2D eigenvalue weighted by atomic mass is 9.68. The number of aliphatic hydroxyl groups excluding tert-OH is 1. The van der Waals surface area contributed by atoms with Crippen LogP contribution in [0.3, 0.4) is 0 Å². The molecule has 0 aromatic heterocycles. The van der Waals surface area contributed by atoms with Crippen molar-refractivity contribution in [3.05, 3.63) is 150 Å². The van der Waals surface area contributed by atoms with E-state index in [9.17, 15) is 5.11 Å². The number of rotatable bonds is 12. The first-order chi connectivity index (χ1) is 21.9. The molecule has 0 saturated heterocycles. The van der Waals surface area contributed by atoms with E-state index in [4.69, 9.17) is 18.5 Å². The second-order valence-electron chi connectivity index (χ2n) is 12.0. The summed E-state index contributed by atoms with van der Waals surface area (Å²) < 4.78 is 24.3. The zero-order chi connectivity index (χ0) is 31.3. The zero-order valence-electron chi connectivity index (χ0n) is 26.0. The van der Waals surface area contributed by atoms with E-state index in [1.54, 1.807) is 0 Å². The smallest absolute Gasteiger partial charge is 0.235 e. The first-order valence-corrected chi connectivity index (χ1v) is 16.5. The summed E-state index contributed by atoms with van der Waals surface area (Å²) in [7, 11) is -1.16. The molecule has 1 unspecified atom stereocenters. The molecule has 0 amide bonds. The quantitative estimate of drug-likeness (QED) is 0.110. The van der Waals surface area contributed by atoms with Gasteiger partial charge < -0.3 is 23.6 Å². The van der Waals surface area contributed by atoms with Gasteiger partial charge >= 0.3 is 0 Å². The van der Waals surface area contributed by atoms with Crippen LogP contribution in [0.15, 0.2) is 127 Å². The fourth-order valence-electron chi connectivity index (χ4n) is 6.00. The minimum Gasteiger partial charge on any atom is -0.491 e. The van der Waals surface area contributed by atoms with E-state index < -0.39 is 13.8 Å². The van der Waals surface area contributed by atoms with E-state index in [1.807, 2.05) is 54.6 Å². The lowest BCUT2D eigenvalue weighted by molar-refractivity contribution is 0.201. The Morgan fingerprint density at radius 3 is 1.56 bits per heavy atom. The largest absolute Gasteiger partial charge is 0.491 e. The first kappa shape index (κ1) is 30.9. The van der Waals surface area contributed by atoms with Gasteiger partial charge in [0.05, 0.1) is 18.6 Å². The summed E-state index contributed by atoms with van der Waals surface area (Å²) in [5.41, 5.74) is 6.74. The van der Waals surface area contributed by atoms with Crippen LogP contribution in [0.1, 0.15) is 43.0 Å². The summed E-state index contributed by atoms with van der Waals surface area (Å²) in [6, 6.07) is 43.8. The molecule has 6 rings (SSSR count). The third-order valence-corrected chi connectivity index (χ3v) is 9.82. The van der Waals surface area contributed by atoms with Gasteiger partial charge in [0.15, 0.2) is 0 Å². The van der Waals surface area contributed by atoms with Crippen molar-refractivity contribution in [2.45, 2.75) is 31.3 Å². The highest BCUT2D eigenvalue weighted by Gasteiger charge is 2.45. The minimum absolute atomic E-state index is 0.0213.